The van der Waals surface area contributed by atoms with Crippen LogP contribution in [0.25, 0.3) is 0 Å². The number of methoxy groups -OCH3 is 1. The van der Waals surface area contributed by atoms with Gasteiger partial charge in [-0.3, -0.25) is 9.69 Å². The van der Waals surface area contributed by atoms with Crippen LogP contribution in [0.5, 0.6) is 28.7 Å². The van der Waals surface area contributed by atoms with Crippen molar-refractivity contribution < 1.29 is 24.5 Å². The van der Waals surface area contributed by atoms with Gasteiger partial charge in [0.05, 0.1) is 12.1 Å². The van der Waals surface area contributed by atoms with E-state index in [2.05, 4.69) is 10.2 Å². The lowest BCUT2D eigenvalue weighted by atomic mass is 9.93. The number of likely N-dealkylation sites (tertiary alicyclic amines) is 1. The summed E-state index contributed by atoms with van der Waals surface area (Å²) in [7, 11) is 1.58. The molecule has 7 nitrogen and oxygen atoms in total. The van der Waals surface area contributed by atoms with Gasteiger partial charge >= 0.3 is 0 Å². The van der Waals surface area contributed by atoms with Crippen molar-refractivity contribution in [3.8, 4) is 28.7 Å². The van der Waals surface area contributed by atoms with E-state index in [-0.39, 0.29) is 29.4 Å². The van der Waals surface area contributed by atoms with Crippen LogP contribution < -0.4 is 14.8 Å². The van der Waals surface area contributed by atoms with Crippen molar-refractivity contribution in [1.82, 2.24) is 10.2 Å². The van der Waals surface area contributed by atoms with Crippen molar-refractivity contribution in [3.05, 3.63) is 76.3 Å². The summed E-state index contributed by atoms with van der Waals surface area (Å²) >= 11 is 6.33. The van der Waals surface area contributed by atoms with Crippen LogP contribution >= 0.6 is 11.6 Å². The number of carbonyl (C=O) groups is 1. The first-order chi connectivity index (χ1) is 16.9. The Hall–Kier alpha value is -3.42. The van der Waals surface area contributed by atoms with E-state index in [9.17, 15) is 15.0 Å². The number of hydrogen-bond acceptors (Lipinski definition) is 6. The maximum absolute atomic E-state index is 12.9. The molecule has 2 atom stereocenters. The van der Waals surface area contributed by atoms with Crippen LogP contribution in [-0.2, 0) is 17.8 Å². The lowest BCUT2D eigenvalue weighted by Crippen LogP contribution is -2.39. The molecule has 0 aromatic heterocycles. The Bertz CT molecular complexity index is 1260. The fourth-order valence-electron chi connectivity index (χ4n) is 4.88. The second-order valence-corrected chi connectivity index (χ2v) is 9.42. The molecule has 1 amide bonds. The van der Waals surface area contributed by atoms with Crippen LogP contribution in [0.3, 0.4) is 0 Å². The second kappa shape index (κ2) is 9.68. The van der Waals surface area contributed by atoms with Gasteiger partial charge in [-0.1, -0.05) is 35.9 Å². The zero-order valence-electron chi connectivity index (χ0n) is 19.3. The largest absolute Gasteiger partial charge is 0.506 e. The molecule has 35 heavy (non-hydrogen) atoms. The van der Waals surface area contributed by atoms with Crippen molar-refractivity contribution in [2.45, 2.75) is 31.3 Å². The predicted molar refractivity (Wildman–Crippen MR) is 133 cm³/mol. The van der Waals surface area contributed by atoms with Crippen LogP contribution in [0.1, 0.15) is 29.0 Å². The monoisotopic (exact) mass is 494 g/mol. The van der Waals surface area contributed by atoms with E-state index in [1.165, 1.54) is 0 Å². The second-order valence-electron chi connectivity index (χ2n) is 9.04. The number of benzene rings is 3. The number of phenolic OH excluding ortho intramolecular Hbond substituents is 2. The Morgan fingerprint density at radius 3 is 2.74 bits per heavy atom. The molecule has 0 saturated carbocycles. The third kappa shape index (κ3) is 4.88. The van der Waals surface area contributed by atoms with E-state index in [4.69, 9.17) is 21.1 Å². The molecule has 1 saturated heterocycles. The molecule has 5 rings (SSSR count). The van der Waals surface area contributed by atoms with E-state index in [1.807, 2.05) is 24.3 Å². The SMILES string of the molecule is COc1ccc2cc1Oc1cc(ccc1O)CCC(=O)N[C@@H]1CN(Cc3cccc(O)c3Cl)C[C@@H]21. The number of aromatic hydroxyl groups is 2. The van der Waals surface area contributed by atoms with Gasteiger partial charge in [-0.05, 0) is 53.4 Å². The van der Waals surface area contributed by atoms with E-state index in [1.54, 1.807) is 37.4 Å². The van der Waals surface area contributed by atoms with Crippen LogP contribution in [-0.4, -0.2) is 47.3 Å². The van der Waals surface area contributed by atoms with Gasteiger partial charge in [-0.25, -0.2) is 0 Å². The van der Waals surface area contributed by atoms with Crippen molar-refractivity contribution in [2.75, 3.05) is 20.2 Å². The minimum atomic E-state index is -0.114. The number of nitrogens with zero attached hydrogens (tertiary/aromatic N) is 1. The number of rotatable bonds is 3. The molecule has 0 unspecified atom stereocenters. The molecule has 3 aromatic carbocycles. The van der Waals surface area contributed by atoms with Gasteiger partial charge in [0.15, 0.2) is 23.0 Å². The molecular weight excluding hydrogens is 468 g/mol. The number of halogens is 1. The Morgan fingerprint density at radius 1 is 1.06 bits per heavy atom. The van der Waals surface area contributed by atoms with E-state index >= 15 is 0 Å². The maximum Gasteiger partial charge on any atom is 0.220 e. The molecule has 1 fully saturated rings. The highest BCUT2D eigenvalue weighted by atomic mass is 35.5. The number of ether oxygens (including phenoxy) is 2. The van der Waals surface area contributed by atoms with Gasteiger partial charge in [0.25, 0.3) is 0 Å². The Balaban J connectivity index is 1.50. The first-order valence-electron chi connectivity index (χ1n) is 11.6. The number of aryl methyl sites for hydroxylation is 1. The van der Waals surface area contributed by atoms with Crippen molar-refractivity contribution in [2.24, 2.45) is 0 Å². The van der Waals surface area contributed by atoms with Gasteiger partial charge in [0.1, 0.15) is 5.75 Å². The zero-order chi connectivity index (χ0) is 24.5. The molecule has 0 aliphatic carbocycles. The van der Waals surface area contributed by atoms with E-state index < -0.39 is 0 Å². The number of hydrogen-bond donors (Lipinski definition) is 3. The summed E-state index contributed by atoms with van der Waals surface area (Å²) in [4.78, 5) is 15.1. The lowest BCUT2D eigenvalue weighted by Gasteiger charge is -2.21. The molecule has 2 aliphatic heterocycles. The van der Waals surface area contributed by atoms with E-state index in [0.29, 0.717) is 54.7 Å². The fraction of sp³-hybridized carbons (Fsp3) is 0.296. The minimum Gasteiger partial charge on any atom is -0.506 e. The van der Waals surface area contributed by atoms with Gasteiger partial charge < -0.3 is 25.0 Å². The first kappa shape index (κ1) is 23.3. The topological polar surface area (TPSA) is 91.3 Å². The van der Waals surface area contributed by atoms with Crippen molar-refractivity contribution in [1.29, 1.82) is 0 Å². The van der Waals surface area contributed by atoms with E-state index in [0.717, 1.165) is 16.7 Å². The van der Waals surface area contributed by atoms with Crippen LogP contribution in [0.2, 0.25) is 5.02 Å². The number of fused-ring (bicyclic) bond motifs is 6. The molecule has 0 spiro atoms. The van der Waals surface area contributed by atoms with Crippen LogP contribution in [0, 0.1) is 0 Å². The Morgan fingerprint density at radius 2 is 1.91 bits per heavy atom. The first-order valence-corrected chi connectivity index (χ1v) is 11.9. The zero-order valence-corrected chi connectivity index (χ0v) is 20.1. The number of nitrogens with one attached hydrogen (secondary N) is 1. The molecule has 2 heterocycles. The van der Waals surface area contributed by atoms with Gasteiger partial charge in [0.2, 0.25) is 5.91 Å². The van der Waals surface area contributed by atoms with Gasteiger partial charge in [0, 0.05) is 38.0 Å². The van der Waals surface area contributed by atoms with Crippen LogP contribution in [0.4, 0.5) is 0 Å². The minimum absolute atomic E-state index is 0.000697. The smallest absolute Gasteiger partial charge is 0.220 e. The number of carbonyl (C=O) groups excluding carboxylic acids is 1. The summed E-state index contributed by atoms with van der Waals surface area (Å²) in [6.07, 6.45) is 0.851. The summed E-state index contributed by atoms with van der Waals surface area (Å²) < 4.78 is 11.6. The summed E-state index contributed by atoms with van der Waals surface area (Å²) in [6, 6.07) is 16.0. The molecule has 4 bridgehead atoms. The third-order valence-electron chi connectivity index (χ3n) is 6.69. The molecular formula is C27H27ClN2O5. The lowest BCUT2D eigenvalue weighted by molar-refractivity contribution is -0.121. The molecule has 8 heteroatoms. The van der Waals surface area contributed by atoms with Crippen LogP contribution in [0.15, 0.2) is 54.6 Å². The summed E-state index contributed by atoms with van der Waals surface area (Å²) in [6.45, 7) is 1.87. The fourth-order valence-corrected chi connectivity index (χ4v) is 5.07. The molecule has 3 N–H and O–H groups in total. The Kier molecular flexibility index (Phi) is 6.45. The van der Waals surface area contributed by atoms with Crippen molar-refractivity contribution in [3.63, 3.8) is 0 Å². The molecule has 2 aliphatic rings. The maximum atomic E-state index is 12.9. The van der Waals surface area contributed by atoms with Gasteiger partial charge in [-0.15, -0.1) is 0 Å². The van der Waals surface area contributed by atoms with Gasteiger partial charge in [-0.2, -0.15) is 0 Å². The normalized spacial score (nSPS) is 20.0. The Labute approximate surface area is 208 Å². The van der Waals surface area contributed by atoms with Crippen molar-refractivity contribution >= 4 is 17.5 Å². The molecule has 0 radical (unpaired) electrons. The summed E-state index contributed by atoms with van der Waals surface area (Å²) in [5.41, 5.74) is 2.72. The molecule has 3 aromatic rings. The highest BCUT2D eigenvalue weighted by Gasteiger charge is 2.35. The number of phenols is 2. The number of amides is 1. The third-order valence-corrected chi connectivity index (χ3v) is 7.13. The summed E-state index contributed by atoms with van der Waals surface area (Å²) in [5, 5.41) is 23.9. The predicted octanol–water partition coefficient (Wildman–Crippen LogP) is 4.58. The highest BCUT2D eigenvalue weighted by Crippen LogP contribution is 2.40. The molecule has 182 valence electrons. The highest BCUT2D eigenvalue weighted by molar-refractivity contribution is 6.32. The summed E-state index contributed by atoms with van der Waals surface area (Å²) in [5.74, 6) is 1.42. The average Bonchev–Trinajstić information content (AvgIpc) is 3.24. The average molecular weight is 495 g/mol. The standard InChI is InChI=1S/C27H27ClN2O5/c1-34-23-9-7-17-12-25(23)35-24-11-16(5-8-21(24)31)6-10-26(33)29-20-15-30(14-19(17)20)13-18-3-2-4-22(32)27(18)28/h2-5,7-9,11-12,19-20,31-32H,6,10,13-15H2,1H3,(H,29,33)/t19-,20+/m0/s1. The quantitative estimate of drug-likeness (QED) is 0.493.